The van der Waals surface area contributed by atoms with Crippen LogP contribution in [-0.2, 0) is 20.0 Å². The van der Waals surface area contributed by atoms with Crippen molar-refractivity contribution in [2.75, 3.05) is 64.4 Å². The van der Waals surface area contributed by atoms with Crippen molar-refractivity contribution in [3.05, 3.63) is 59.9 Å². The summed E-state index contributed by atoms with van der Waals surface area (Å²) in [7, 11) is -1.81. The highest BCUT2D eigenvalue weighted by Crippen LogP contribution is 2.51. The Hall–Kier alpha value is -2.73. The van der Waals surface area contributed by atoms with Gasteiger partial charge in [-0.05, 0) is 125 Å². The lowest BCUT2D eigenvalue weighted by atomic mass is 9.57. The number of hydrogen-bond donors (Lipinski definition) is 2. The van der Waals surface area contributed by atoms with Crippen LogP contribution in [0.2, 0.25) is 0 Å². The topological polar surface area (TPSA) is 102 Å². The fraction of sp³-hybridized carbons (Fsp3) is 0.639. The zero-order valence-electron chi connectivity index (χ0n) is 27.4. The number of benzene rings is 2. The molecule has 1 amide bonds. The van der Waals surface area contributed by atoms with Crippen LogP contribution in [0.25, 0.3) is 0 Å². The summed E-state index contributed by atoms with van der Waals surface area (Å²) < 4.78 is 45.1. The van der Waals surface area contributed by atoms with Crippen molar-refractivity contribution in [3.8, 4) is 0 Å². The number of nitrogens with zero attached hydrogens (tertiary/aromatic N) is 3. The molecule has 0 unspecified atom stereocenters. The van der Waals surface area contributed by atoms with Crippen LogP contribution in [0.3, 0.4) is 0 Å². The Morgan fingerprint density at radius 2 is 1.70 bits per heavy atom. The van der Waals surface area contributed by atoms with E-state index in [-0.39, 0.29) is 28.4 Å². The number of hydrogen-bond acceptors (Lipinski definition) is 8. The molecule has 5 fully saturated rings. The fourth-order valence-corrected chi connectivity index (χ4v) is 10.8. The molecule has 256 valence electrons. The lowest BCUT2D eigenvalue weighted by Crippen LogP contribution is -2.67. The molecule has 11 heteroatoms. The van der Waals surface area contributed by atoms with Gasteiger partial charge < -0.3 is 29.9 Å². The Labute approximate surface area is 278 Å². The van der Waals surface area contributed by atoms with Crippen LogP contribution in [0.1, 0.15) is 56.9 Å². The van der Waals surface area contributed by atoms with Gasteiger partial charge in [0, 0.05) is 43.3 Å². The first-order valence-electron chi connectivity index (χ1n) is 17.5. The number of rotatable bonds is 11. The Morgan fingerprint density at radius 3 is 2.32 bits per heavy atom. The molecule has 0 radical (unpaired) electrons. The first kappa shape index (κ1) is 32.8. The molecule has 2 aromatic rings. The van der Waals surface area contributed by atoms with Gasteiger partial charge in [0.05, 0.1) is 17.3 Å². The van der Waals surface area contributed by atoms with Gasteiger partial charge in [-0.15, -0.1) is 0 Å². The summed E-state index contributed by atoms with van der Waals surface area (Å²) in [5, 5.41) is 14.4. The average molecular weight is 669 g/mol. The minimum atomic E-state index is -3.21. The van der Waals surface area contributed by atoms with E-state index in [1.807, 2.05) is 18.2 Å². The number of sulfone groups is 1. The van der Waals surface area contributed by atoms with Gasteiger partial charge in [-0.2, -0.15) is 0 Å². The number of carbonyl (C=O) groups is 1. The van der Waals surface area contributed by atoms with Crippen LogP contribution in [0.5, 0.6) is 0 Å². The smallest absolute Gasteiger partial charge is 0.407 e. The van der Waals surface area contributed by atoms with Gasteiger partial charge >= 0.3 is 6.09 Å². The molecule has 5 aliphatic rings. The second-order valence-corrected chi connectivity index (χ2v) is 17.1. The van der Waals surface area contributed by atoms with Gasteiger partial charge in [-0.25, -0.2) is 17.6 Å². The Kier molecular flexibility index (Phi) is 9.04. The third-order valence-corrected chi connectivity index (χ3v) is 14.0. The molecule has 9 nitrogen and oxygen atoms in total. The predicted molar refractivity (Wildman–Crippen MR) is 179 cm³/mol. The fourth-order valence-electron chi connectivity index (χ4n) is 9.12. The van der Waals surface area contributed by atoms with Crippen molar-refractivity contribution < 1.29 is 27.4 Å². The highest BCUT2D eigenvalue weighted by molar-refractivity contribution is 7.92. The Bertz CT molecular complexity index is 1530. The van der Waals surface area contributed by atoms with Gasteiger partial charge in [0.25, 0.3) is 0 Å². The first-order valence-corrected chi connectivity index (χ1v) is 19.0. The van der Waals surface area contributed by atoms with E-state index < -0.39 is 21.5 Å². The van der Waals surface area contributed by atoms with Crippen LogP contribution < -0.4 is 10.2 Å². The molecule has 0 spiro atoms. The summed E-state index contributed by atoms with van der Waals surface area (Å²) in [6.45, 7) is 6.23. The maximum atomic E-state index is 14.9. The molecule has 2 aromatic carbocycles. The summed E-state index contributed by atoms with van der Waals surface area (Å²) in [5.74, 6) is 0.235. The number of ether oxygens (including phenoxy) is 1. The third kappa shape index (κ3) is 6.53. The summed E-state index contributed by atoms with van der Waals surface area (Å²) in [6.07, 6.45) is 7.00. The molecular weight excluding hydrogens is 619 g/mol. The zero-order valence-corrected chi connectivity index (χ0v) is 28.3. The highest BCUT2D eigenvalue weighted by Gasteiger charge is 2.53. The second-order valence-electron chi connectivity index (χ2n) is 14.8. The molecule has 2 N–H and O–H groups in total. The highest BCUT2D eigenvalue weighted by atomic mass is 32.2. The van der Waals surface area contributed by atoms with E-state index in [1.165, 1.54) is 19.6 Å². The maximum Gasteiger partial charge on any atom is 0.407 e. The Morgan fingerprint density at radius 1 is 0.979 bits per heavy atom. The van der Waals surface area contributed by atoms with Crippen molar-refractivity contribution in [1.29, 1.82) is 0 Å². The quantitative estimate of drug-likeness (QED) is 0.368. The molecular formula is C36H49FN4O5S. The van der Waals surface area contributed by atoms with Gasteiger partial charge in [0.1, 0.15) is 11.4 Å². The van der Waals surface area contributed by atoms with E-state index in [4.69, 9.17) is 4.74 Å². The van der Waals surface area contributed by atoms with Crippen molar-refractivity contribution >= 4 is 21.6 Å². The van der Waals surface area contributed by atoms with Gasteiger partial charge in [0.15, 0.2) is 9.84 Å². The number of likely N-dealkylation sites (tertiary alicyclic amines) is 2. The number of alkyl carbamates (subject to hydrolysis) is 1. The number of anilines is 1. The molecule has 7 rings (SSSR count). The van der Waals surface area contributed by atoms with E-state index >= 15 is 0 Å². The van der Waals surface area contributed by atoms with Crippen LogP contribution in [-0.4, -0.2) is 106 Å². The lowest BCUT2D eigenvalue weighted by Gasteiger charge is -2.55. The van der Waals surface area contributed by atoms with Gasteiger partial charge in [0.2, 0.25) is 0 Å². The molecule has 3 heterocycles. The SMILES string of the molecule is COC(=O)N[C@H]1CCC[C@@H]1[C@](CN1CCC1)(c1cccc(F)c1)C1CCN(CC2(O)CN(c3ccc(S(=O)(=O)C4CC4)cc3)C2)CC1. The molecule has 3 atom stereocenters. The standard InChI is InChI=1S/C36H49FN4O5S/c1-46-34(42)38-33-8-3-7-32(33)36(25-39-17-4-18-39,27-5-2-6-28(37)21-27)26-15-19-40(20-16-26)22-35(43)23-41(24-35)29-9-11-30(12-10-29)47(44,45)31-13-14-31/h2,5-6,9-12,21,26,31-33,43H,3-4,7-8,13-20,22-25H2,1H3,(H,38,42)/t32-,33-,36-/m0/s1. The van der Waals surface area contributed by atoms with E-state index in [1.54, 1.807) is 18.2 Å². The van der Waals surface area contributed by atoms with Gasteiger partial charge in [-0.1, -0.05) is 18.6 Å². The zero-order chi connectivity index (χ0) is 32.8. The minimum Gasteiger partial charge on any atom is -0.453 e. The van der Waals surface area contributed by atoms with Crippen LogP contribution in [0.4, 0.5) is 14.9 Å². The van der Waals surface area contributed by atoms with Crippen molar-refractivity contribution in [1.82, 2.24) is 15.1 Å². The molecule has 3 aliphatic heterocycles. The van der Waals surface area contributed by atoms with Crippen LogP contribution in [0, 0.1) is 17.7 Å². The third-order valence-electron chi connectivity index (χ3n) is 11.8. The van der Waals surface area contributed by atoms with E-state index in [0.717, 1.165) is 88.9 Å². The maximum absolute atomic E-state index is 14.9. The monoisotopic (exact) mass is 668 g/mol. The second kappa shape index (κ2) is 12.9. The number of nitrogens with one attached hydrogen (secondary N) is 1. The van der Waals surface area contributed by atoms with Gasteiger partial charge in [-0.3, -0.25) is 0 Å². The largest absolute Gasteiger partial charge is 0.453 e. The molecule has 3 saturated heterocycles. The number of piperidine rings is 1. The van der Waals surface area contributed by atoms with Crippen molar-refractivity contribution in [2.45, 2.75) is 78.6 Å². The first-order chi connectivity index (χ1) is 22.6. The summed E-state index contributed by atoms with van der Waals surface area (Å²) >= 11 is 0. The summed E-state index contributed by atoms with van der Waals surface area (Å²) in [6, 6.07) is 14.3. The summed E-state index contributed by atoms with van der Waals surface area (Å²) in [5.41, 5.74) is 0.820. The normalized spacial score (nSPS) is 26.7. The molecule has 0 bridgehead atoms. The van der Waals surface area contributed by atoms with Crippen molar-refractivity contribution in [2.24, 2.45) is 11.8 Å². The summed E-state index contributed by atoms with van der Waals surface area (Å²) in [4.78, 5) is 19.8. The predicted octanol–water partition coefficient (Wildman–Crippen LogP) is 4.19. The number of methoxy groups -OCH3 is 1. The number of aliphatic hydroxyl groups is 1. The number of halogens is 1. The van der Waals surface area contributed by atoms with Crippen LogP contribution >= 0.6 is 0 Å². The molecule has 2 saturated carbocycles. The number of β-amino-alcohol motifs (C(OH)–C–C–N with tert-alkyl or cyclic N) is 1. The van der Waals surface area contributed by atoms with E-state index in [0.29, 0.717) is 30.4 Å². The van der Waals surface area contributed by atoms with Crippen molar-refractivity contribution in [3.63, 3.8) is 0 Å². The average Bonchev–Trinajstić information content (AvgIpc) is 3.80. The Balaban J connectivity index is 1.05. The molecule has 47 heavy (non-hydrogen) atoms. The number of amides is 1. The lowest BCUT2D eigenvalue weighted by molar-refractivity contribution is -0.0362. The van der Waals surface area contributed by atoms with E-state index in [9.17, 15) is 22.7 Å². The molecule has 0 aromatic heterocycles. The number of carbonyl (C=O) groups excluding carboxylic acids is 1. The molecule has 2 aliphatic carbocycles. The van der Waals surface area contributed by atoms with Crippen LogP contribution in [0.15, 0.2) is 53.4 Å². The van der Waals surface area contributed by atoms with E-state index in [2.05, 4.69) is 26.1 Å². The minimum absolute atomic E-state index is 0.0328.